The zero-order valence-corrected chi connectivity index (χ0v) is 12.4. The molecule has 0 aliphatic rings. The van der Waals surface area contributed by atoms with Crippen LogP contribution in [0.4, 0.5) is 16.6 Å². The molecular weight excluding hydrogens is 272 g/mol. The van der Waals surface area contributed by atoms with Crippen LogP contribution in [0.3, 0.4) is 0 Å². The molecule has 0 spiro atoms. The number of aryl methyl sites for hydroxylation is 1. The SMILES string of the molecule is CCNc1nc(N)c(C(=O)Nc2cccc(CC)c2)s1. The predicted molar refractivity (Wildman–Crippen MR) is 84.5 cm³/mol. The van der Waals surface area contributed by atoms with Gasteiger partial charge in [-0.15, -0.1) is 0 Å². The summed E-state index contributed by atoms with van der Waals surface area (Å²) in [6.07, 6.45) is 0.928. The average Bonchev–Trinajstić information content (AvgIpc) is 2.80. The first-order valence-corrected chi connectivity index (χ1v) is 7.36. The van der Waals surface area contributed by atoms with E-state index in [0.29, 0.717) is 10.0 Å². The van der Waals surface area contributed by atoms with Gasteiger partial charge in [-0.25, -0.2) is 4.98 Å². The molecule has 0 radical (unpaired) electrons. The smallest absolute Gasteiger partial charge is 0.269 e. The average molecular weight is 290 g/mol. The Balaban J connectivity index is 2.15. The molecule has 6 heteroatoms. The van der Waals surface area contributed by atoms with Crippen molar-refractivity contribution in [3.63, 3.8) is 0 Å². The third-order valence-corrected chi connectivity index (χ3v) is 3.81. The van der Waals surface area contributed by atoms with Crippen LogP contribution < -0.4 is 16.4 Å². The second-order valence-electron chi connectivity index (χ2n) is 4.27. The van der Waals surface area contributed by atoms with Gasteiger partial charge >= 0.3 is 0 Å². The Morgan fingerprint density at radius 3 is 2.90 bits per heavy atom. The fourth-order valence-electron chi connectivity index (χ4n) is 1.78. The van der Waals surface area contributed by atoms with Gasteiger partial charge in [0.1, 0.15) is 10.7 Å². The number of amides is 1. The summed E-state index contributed by atoms with van der Waals surface area (Å²) in [5.74, 6) is 0.0347. The van der Waals surface area contributed by atoms with E-state index in [4.69, 9.17) is 5.73 Å². The molecule has 4 N–H and O–H groups in total. The minimum Gasteiger partial charge on any atom is -0.382 e. The lowest BCUT2D eigenvalue weighted by Crippen LogP contribution is -2.12. The van der Waals surface area contributed by atoms with Crippen LogP contribution in [0, 0.1) is 0 Å². The topological polar surface area (TPSA) is 80.0 Å². The molecule has 20 heavy (non-hydrogen) atoms. The number of hydrogen-bond donors (Lipinski definition) is 3. The van der Waals surface area contributed by atoms with E-state index in [-0.39, 0.29) is 11.7 Å². The summed E-state index contributed by atoms with van der Waals surface area (Å²) < 4.78 is 0. The summed E-state index contributed by atoms with van der Waals surface area (Å²) >= 11 is 1.26. The Kier molecular flexibility index (Phi) is 4.57. The Labute approximate surface area is 122 Å². The van der Waals surface area contributed by atoms with Gasteiger partial charge in [-0.05, 0) is 31.0 Å². The molecule has 0 atom stereocenters. The van der Waals surface area contributed by atoms with E-state index in [1.165, 1.54) is 16.9 Å². The number of aromatic nitrogens is 1. The molecule has 5 nitrogen and oxygen atoms in total. The normalized spacial score (nSPS) is 10.3. The van der Waals surface area contributed by atoms with Crippen LogP contribution in [0.5, 0.6) is 0 Å². The van der Waals surface area contributed by atoms with Gasteiger partial charge in [-0.3, -0.25) is 4.79 Å². The number of carbonyl (C=O) groups is 1. The molecule has 106 valence electrons. The zero-order valence-electron chi connectivity index (χ0n) is 11.6. The maximum atomic E-state index is 12.2. The Morgan fingerprint density at radius 2 is 2.20 bits per heavy atom. The van der Waals surface area contributed by atoms with Crippen molar-refractivity contribution in [2.75, 3.05) is 22.9 Å². The molecule has 0 saturated heterocycles. The molecule has 0 unspecified atom stereocenters. The van der Waals surface area contributed by atoms with Gasteiger partial charge in [-0.2, -0.15) is 0 Å². The molecule has 2 aromatic rings. The van der Waals surface area contributed by atoms with Crippen molar-refractivity contribution in [2.24, 2.45) is 0 Å². The lowest BCUT2D eigenvalue weighted by molar-refractivity contribution is 0.103. The van der Waals surface area contributed by atoms with Gasteiger partial charge in [-0.1, -0.05) is 30.4 Å². The summed E-state index contributed by atoms with van der Waals surface area (Å²) in [5.41, 5.74) is 7.73. The number of nitrogen functional groups attached to an aromatic ring is 1. The summed E-state index contributed by atoms with van der Waals surface area (Å²) in [7, 11) is 0. The summed E-state index contributed by atoms with van der Waals surface area (Å²) in [6, 6.07) is 7.77. The highest BCUT2D eigenvalue weighted by atomic mass is 32.1. The molecule has 0 aliphatic heterocycles. The first kappa shape index (κ1) is 14.3. The van der Waals surface area contributed by atoms with Crippen molar-refractivity contribution >= 4 is 33.9 Å². The molecule has 0 bridgehead atoms. The van der Waals surface area contributed by atoms with Gasteiger partial charge < -0.3 is 16.4 Å². The quantitative estimate of drug-likeness (QED) is 0.791. The predicted octanol–water partition coefficient (Wildman–Crippen LogP) is 2.97. The highest BCUT2D eigenvalue weighted by Gasteiger charge is 2.16. The molecule has 2 rings (SSSR count). The molecule has 0 saturated carbocycles. The number of nitrogens with two attached hydrogens (primary N) is 1. The van der Waals surface area contributed by atoms with E-state index in [2.05, 4.69) is 22.5 Å². The van der Waals surface area contributed by atoms with Gasteiger partial charge in [0.2, 0.25) is 0 Å². The summed E-state index contributed by atoms with van der Waals surface area (Å²) in [4.78, 5) is 16.8. The fraction of sp³-hybridized carbons (Fsp3) is 0.286. The van der Waals surface area contributed by atoms with E-state index in [1.807, 2.05) is 31.2 Å². The Morgan fingerprint density at radius 1 is 1.40 bits per heavy atom. The monoisotopic (exact) mass is 290 g/mol. The first-order chi connectivity index (χ1) is 9.63. The van der Waals surface area contributed by atoms with Crippen LogP contribution in [0.1, 0.15) is 29.1 Å². The second-order valence-corrected chi connectivity index (χ2v) is 5.27. The number of nitrogens with one attached hydrogen (secondary N) is 2. The van der Waals surface area contributed by atoms with Gasteiger partial charge in [0, 0.05) is 12.2 Å². The number of benzene rings is 1. The Bertz CT molecular complexity index is 609. The minimum absolute atomic E-state index is 0.225. The van der Waals surface area contributed by atoms with Crippen molar-refractivity contribution in [3.8, 4) is 0 Å². The van der Waals surface area contributed by atoms with E-state index in [0.717, 1.165) is 18.7 Å². The zero-order chi connectivity index (χ0) is 14.5. The van der Waals surface area contributed by atoms with Crippen LogP contribution in [-0.2, 0) is 6.42 Å². The van der Waals surface area contributed by atoms with E-state index in [1.54, 1.807) is 0 Å². The minimum atomic E-state index is -0.225. The number of rotatable bonds is 5. The highest BCUT2D eigenvalue weighted by molar-refractivity contribution is 7.18. The summed E-state index contributed by atoms with van der Waals surface area (Å²) in [6.45, 7) is 4.78. The molecule has 0 fully saturated rings. The lowest BCUT2D eigenvalue weighted by Gasteiger charge is -2.05. The maximum Gasteiger partial charge on any atom is 0.269 e. The van der Waals surface area contributed by atoms with E-state index in [9.17, 15) is 4.79 Å². The number of anilines is 3. The van der Waals surface area contributed by atoms with E-state index < -0.39 is 0 Å². The van der Waals surface area contributed by atoms with Gasteiger partial charge in [0.25, 0.3) is 5.91 Å². The van der Waals surface area contributed by atoms with Crippen LogP contribution in [0.2, 0.25) is 0 Å². The van der Waals surface area contributed by atoms with Crippen LogP contribution in [0.25, 0.3) is 0 Å². The molecule has 1 amide bonds. The van der Waals surface area contributed by atoms with Gasteiger partial charge in [0.05, 0.1) is 0 Å². The van der Waals surface area contributed by atoms with Crippen LogP contribution in [0.15, 0.2) is 24.3 Å². The number of carbonyl (C=O) groups excluding carboxylic acids is 1. The largest absolute Gasteiger partial charge is 0.382 e. The number of thiazole rings is 1. The standard InChI is InChI=1S/C14H18N4OS/c1-3-9-6-5-7-10(8-9)17-13(19)11-12(15)18-14(20-11)16-4-2/h5-8H,3-4,15H2,1-2H3,(H,16,18)(H,17,19). The molecule has 1 aromatic heterocycles. The molecular formula is C14H18N4OS. The molecule has 1 aromatic carbocycles. The van der Waals surface area contributed by atoms with Crippen molar-refractivity contribution in [1.29, 1.82) is 0 Å². The van der Waals surface area contributed by atoms with Crippen LogP contribution in [-0.4, -0.2) is 17.4 Å². The summed E-state index contributed by atoms with van der Waals surface area (Å²) in [5, 5.41) is 6.57. The highest BCUT2D eigenvalue weighted by Crippen LogP contribution is 2.25. The molecule has 0 aliphatic carbocycles. The fourth-order valence-corrected chi connectivity index (χ4v) is 2.63. The van der Waals surface area contributed by atoms with Gasteiger partial charge in [0.15, 0.2) is 5.13 Å². The van der Waals surface area contributed by atoms with Crippen molar-refractivity contribution in [2.45, 2.75) is 20.3 Å². The Hall–Kier alpha value is -2.08. The van der Waals surface area contributed by atoms with Crippen molar-refractivity contribution in [3.05, 3.63) is 34.7 Å². The van der Waals surface area contributed by atoms with Crippen molar-refractivity contribution < 1.29 is 4.79 Å². The van der Waals surface area contributed by atoms with Crippen LogP contribution >= 0.6 is 11.3 Å². The van der Waals surface area contributed by atoms with Crippen molar-refractivity contribution in [1.82, 2.24) is 4.98 Å². The lowest BCUT2D eigenvalue weighted by atomic mass is 10.1. The number of nitrogens with zero attached hydrogens (tertiary/aromatic N) is 1. The van der Waals surface area contributed by atoms with E-state index >= 15 is 0 Å². The second kappa shape index (κ2) is 6.38. The first-order valence-electron chi connectivity index (χ1n) is 6.54. The maximum absolute atomic E-state index is 12.2. The third-order valence-electron chi connectivity index (χ3n) is 2.78. The molecule has 1 heterocycles. The number of hydrogen-bond acceptors (Lipinski definition) is 5. The third kappa shape index (κ3) is 3.27.